The number of hydrogen-bond acceptors (Lipinski definition) is 5. The second kappa shape index (κ2) is 6.08. The highest BCUT2D eigenvalue weighted by molar-refractivity contribution is 5.23. The number of hydrogen-bond donors (Lipinski definition) is 1. The monoisotopic (exact) mass is 277 g/mol. The van der Waals surface area contributed by atoms with Gasteiger partial charge in [0.25, 0.3) is 0 Å². The summed E-state index contributed by atoms with van der Waals surface area (Å²) in [5.74, 6) is 0.852. The molecule has 0 radical (unpaired) electrons. The normalized spacial score (nSPS) is 24.8. The molecule has 2 aliphatic heterocycles. The molecule has 3 heterocycles. The van der Waals surface area contributed by atoms with Crippen LogP contribution in [0.3, 0.4) is 0 Å². The third-order valence-electron chi connectivity index (χ3n) is 4.14. The summed E-state index contributed by atoms with van der Waals surface area (Å²) >= 11 is 0. The van der Waals surface area contributed by atoms with Gasteiger partial charge >= 0.3 is 0 Å². The first-order valence-electron chi connectivity index (χ1n) is 7.46. The van der Waals surface area contributed by atoms with Crippen molar-refractivity contribution in [2.45, 2.75) is 32.0 Å². The number of β-amino-alcohol motifs (C(OH)–C–C–N with tert-alkyl or cyclic N) is 1. The van der Waals surface area contributed by atoms with Crippen molar-refractivity contribution in [3.63, 3.8) is 0 Å². The zero-order chi connectivity index (χ0) is 13.9. The summed E-state index contributed by atoms with van der Waals surface area (Å²) in [7, 11) is 0. The molecule has 1 N–H and O–H groups in total. The summed E-state index contributed by atoms with van der Waals surface area (Å²) in [6.07, 6.45) is 4.49. The lowest BCUT2D eigenvalue weighted by Gasteiger charge is -2.44. The maximum atomic E-state index is 9.57. The van der Waals surface area contributed by atoms with Crippen LogP contribution in [-0.4, -0.2) is 64.8 Å². The lowest BCUT2D eigenvalue weighted by Crippen LogP contribution is -2.58. The first kappa shape index (κ1) is 13.8. The number of aromatic nitrogens is 1. The Morgan fingerprint density at radius 2 is 2.20 bits per heavy atom. The van der Waals surface area contributed by atoms with Gasteiger partial charge in [0.1, 0.15) is 5.75 Å². The van der Waals surface area contributed by atoms with Crippen LogP contribution in [-0.2, 0) is 6.54 Å². The van der Waals surface area contributed by atoms with Gasteiger partial charge in [-0.25, -0.2) is 0 Å². The lowest BCUT2D eigenvalue weighted by atomic mass is 10.1. The molecule has 2 aliphatic rings. The molecule has 1 aromatic heterocycles. The predicted molar refractivity (Wildman–Crippen MR) is 76.7 cm³/mol. The smallest absolute Gasteiger partial charge is 0.137 e. The Morgan fingerprint density at radius 3 is 2.90 bits per heavy atom. The molecule has 1 atom stereocenters. The van der Waals surface area contributed by atoms with Crippen molar-refractivity contribution >= 4 is 0 Å². The molecule has 0 spiro atoms. The topological polar surface area (TPSA) is 48.8 Å². The van der Waals surface area contributed by atoms with Crippen molar-refractivity contribution in [1.29, 1.82) is 0 Å². The van der Waals surface area contributed by atoms with Gasteiger partial charge in [-0.2, -0.15) is 0 Å². The van der Waals surface area contributed by atoms with E-state index in [-0.39, 0.29) is 6.10 Å². The number of aliphatic hydroxyl groups is 1. The molecule has 2 fully saturated rings. The summed E-state index contributed by atoms with van der Waals surface area (Å²) in [6.45, 7) is 7.66. The second-order valence-electron chi connectivity index (χ2n) is 5.75. The van der Waals surface area contributed by atoms with Crippen molar-refractivity contribution in [1.82, 2.24) is 14.8 Å². The minimum absolute atomic E-state index is 0.115. The maximum absolute atomic E-state index is 9.57. The third kappa shape index (κ3) is 3.11. The zero-order valence-corrected chi connectivity index (χ0v) is 12.0. The van der Waals surface area contributed by atoms with Gasteiger partial charge in [0.2, 0.25) is 0 Å². The van der Waals surface area contributed by atoms with Gasteiger partial charge in [-0.1, -0.05) is 0 Å². The largest absolute Gasteiger partial charge is 0.492 e. The van der Waals surface area contributed by atoms with E-state index in [1.807, 2.05) is 13.1 Å². The molecule has 0 aliphatic carbocycles. The molecule has 1 aromatic rings. The van der Waals surface area contributed by atoms with Crippen LogP contribution in [0.4, 0.5) is 0 Å². The number of pyridine rings is 1. The molecule has 0 aromatic carbocycles. The van der Waals surface area contributed by atoms with E-state index in [1.165, 1.54) is 5.56 Å². The molecule has 20 heavy (non-hydrogen) atoms. The summed E-state index contributed by atoms with van der Waals surface area (Å²) < 4.78 is 5.48. The van der Waals surface area contributed by atoms with Crippen LogP contribution in [0, 0.1) is 0 Å². The highest BCUT2D eigenvalue weighted by Gasteiger charge is 2.35. The zero-order valence-electron chi connectivity index (χ0n) is 12.0. The van der Waals surface area contributed by atoms with Gasteiger partial charge in [0.15, 0.2) is 0 Å². The van der Waals surface area contributed by atoms with Gasteiger partial charge in [-0.15, -0.1) is 0 Å². The van der Waals surface area contributed by atoms with Gasteiger partial charge in [0.05, 0.1) is 18.9 Å². The minimum Gasteiger partial charge on any atom is -0.492 e. The Labute approximate surface area is 120 Å². The minimum atomic E-state index is -0.115. The maximum Gasteiger partial charge on any atom is 0.137 e. The molecule has 5 heteroatoms. The van der Waals surface area contributed by atoms with E-state index in [2.05, 4.69) is 20.9 Å². The van der Waals surface area contributed by atoms with E-state index in [4.69, 9.17) is 4.74 Å². The van der Waals surface area contributed by atoms with Crippen LogP contribution >= 0.6 is 0 Å². The van der Waals surface area contributed by atoms with Crippen molar-refractivity contribution in [2.75, 3.05) is 32.8 Å². The molecule has 110 valence electrons. The van der Waals surface area contributed by atoms with E-state index in [0.717, 1.165) is 44.9 Å². The molecule has 1 unspecified atom stereocenters. The van der Waals surface area contributed by atoms with Gasteiger partial charge in [0, 0.05) is 45.0 Å². The summed E-state index contributed by atoms with van der Waals surface area (Å²) in [4.78, 5) is 9.06. The van der Waals surface area contributed by atoms with Crippen molar-refractivity contribution in [3.05, 3.63) is 24.0 Å². The van der Waals surface area contributed by atoms with Crippen LogP contribution in [0.15, 0.2) is 18.5 Å². The SMILES string of the molecule is CCOc1cncc(CN2CC(N3CCC(O)C3)C2)c1. The van der Waals surface area contributed by atoms with Crippen molar-refractivity contribution in [3.8, 4) is 5.75 Å². The summed E-state index contributed by atoms with van der Waals surface area (Å²) in [5.41, 5.74) is 1.20. The molecular formula is C15H23N3O2. The molecule has 0 amide bonds. The standard InChI is InChI=1S/C15H23N3O2/c1-2-20-15-5-12(6-16-7-15)8-17-9-13(10-17)18-4-3-14(19)11-18/h5-7,13-14,19H,2-4,8-11H2,1H3. The van der Waals surface area contributed by atoms with Gasteiger partial charge < -0.3 is 9.84 Å². The van der Waals surface area contributed by atoms with E-state index in [9.17, 15) is 5.11 Å². The quantitative estimate of drug-likeness (QED) is 0.860. The predicted octanol–water partition coefficient (Wildman–Crippen LogP) is 0.731. The number of likely N-dealkylation sites (tertiary alicyclic amines) is 2. The fourth-order valence-corrected chi connectivity index (χ4v) is 3.06. The lowest BCUT2D eigenvalue weighted by molar-refractivity contribution is 0.0345. The van der Waals surface area contributed by atoms with Crippen molar-refractivity contribution < 1.29 is 9.84 Å². The van der Waals surface area contributed by atoms with Crippen LogP contribution in [0.25, 0.3) is 0 Å². The average Bonchev–Trinajstić information content (AvgIpc) is 2.80. The Bertz CT molecular complexity index is 448. The van der Waals surface area contributed by atoms with Crippen LogP contribution < -0.4 is 4.74 Å². The number of ether oxygens (including phenoxy) is 1. The van der Waals surface area contributed by atoms with Crippen molar-refractivity contribution in [2.24, 2.45) is 0 Å². The first-order chi connectivity index (χ1) is 9.74. The Hall–Kier alpha value is -1.17. The van der Waals surface area contributed by atoms with E-state index in [0.29, 0.717) is 12.6 Å². The molecule has 3 rings (SSSR count). The Kier molecular flexibility index (Phi) is 4.19. The van der Waals surface area contributed by atoms with Crippen LogP contribution in [0.2, 0.25) is 0 Å². The van der Waals surface area contributed by atoms with Gasteiger partial charge in [-0.3, -0.25) is 14.8 Å². The molecule has 2 saturated heterocycles. The fourth-order valence-electron chi connectivity index (χ4n) is 3.06. The summed E-state index contributed by atoms with van der Waals surface area (Å²) in [5, 5.41) is 9.57. The van der Waals surface area contributed by atoms with Crippen LogP contribution in [0.5, 0.6) is 5.75 Å². The summed E-state index contributed by atoms with van der Waals surface area (Å²) in [6, 6.07) is 2.69. The molecule has 0 saturated carbocycles. The first-order valence-corrected chi connectivity index (χ1v) is 7.46. The van der Waals surface area contributed by atoms with Crippen LogP contribution in [0.1, 0.15) is 18.9 Å². The second-order valence-corrected chi connectivity index (χ2v) is 5.75. The fraction of sp³-hybridized carbons (Fsp3) is 0.667. The number of aliphatic hydroxyl groups excluding tert-OH is 1. The Morgan fingerprint density at radius 1 is 1.35 bits per heavy atom. The van der Waals surface area contributed by atoms with E-state index < -0.39 is 0 Å². The Balaban J connectivity index is 1.47. The molecule has 0 bridgehead atoms. The molecular weight excluding hydrogens is 254 g/mol. The van der Waals surface area contributed by atoms with E-state index >= 15 is 0 Å². The number of nitrogens with zero attached hydrogens (tertiary/aromatic N) is 3. The van der Waals surface area contributed by atoms with Gasteiger partial charge in [-0.05, 0) is 25.0 Å². The highest BCUT2D eigenvalue weighted by Crippen LogP contribution is 2.22. The third-order valence-corrected chi connectivity index (χ3v) is 4.14. The van der Waals surface area contributed by atoms with E-state index in [1.54, 1.807) is 6.20 Å². The number of rotatable bonds is 5. The highest BCUT2D eigenvalue weighted by atomic mass is 16.5. The average molecular weight is 277 g/mol. The molecule has 5 nitrogen and oxygen atoms in total.